The number of hydrogen-bond acceptors (Lipinski definition) is 2. The third-order valence-electron chi connectivity index (χ3n) is 1.93. The van der Waals surface area contributed by atoms with E-state index < -0.39 is 0 Å². The molecule has 2 nitrogen and oxygen atoms in total. The minimum Gasteiger partial charge on any atom is -0.307 e. The number of hydrogen-bond donors (Lipinski definition) is 0. The maximum absolute atomic E-state index is 10.9. The number of Topliss-reactive ketones (excluding diaryl/α,β-unsaturated/α-hetero) is 1. The minimum absolute atomic E-state index is 0.384. The lowest BCUT2D eigenvalue weighted by Gasteiger charge is -2.12. The Morgan fingerprint density at radius 1 is 1.36 bits per heavy atom. The van der Waals surface area contributed by atoms with Crippen LogP contribution in [0.5, 0.6) is 0 Å². The predicted octanol–water partition coefficient (Wildman–Crippen LogP) is 1.70. The smallest absolute Gasteiger partial charge is 0.132 e. The highest BCUT2D eigenvalue weighted by Gasteiger charge is 1.98. The summed E-state index contributed by atoms with van der Waals surface area (Å²) in [5.41, 5.74) is 0. The van der Waals surface area contributed by atoms with Crippen LogP contribution in [0.2, 0.25) is 0 Å². The summed E-state index contributed by atoms with van der Waals surface area (Å²) in [5, 5.41) is 0. The first-order valence-corrected chi connectivity index (χ1v) is 4.41. The first kappa shape index (κ1) is 10.6. The van der Waals surface area contributed by atoms with Crippen molar-refractivity contribution in [3.05, 3.63) is 0 Å². The summed E-state index contributed by atoms with van der Waals surface area (Å²) in [7, 11) is 2.08. The summed E-state index contributed by atoms with van der Waals surface area (Å²) in [5.74, 6) is 0.384. The second-order valence-corrected chi connectivity index (χ2v) is 2.89. The molecule has 0 unspecified atom stereocenters. The Labute approximate surface area is 69.6 Å². The van der Waals surface area contributed by atoms with Crippen LogP contribution >= 0.6 is 0 Å². The van der Waals surface area contributed by atoms with Crippen molar-refractivity contribution in [2.75, 3.05) is 20.1 Å². The van der Waals surface area contributed by atoms with Crippen LogP contribution in [-0.4, -0.2) is 30.8 Å². The van der Waals surface area contributed by atoms with Gasteiger partial charge in [-0.15, -0.1) is 0 Å². The highest BCUT2D eigenvalue weighted by Crippen LogP contribution is 1.95. The molecule has 0 aliphatic heterocycles. The van der Waals surface area contributed by atoms with Crippen LogP contribution < -0.4 is 0 Å². The van der Waals surface area contributed by atoms with E-state index in [0.29, 0.717) is 12.2 Å². The lowest BCUT2D eigenvalue weighted by molar-refractivity contribution is -0.118. The second-order valence-electron chi connectivity index (χ2n) is 2.89. The fraction of sp³-hybridized carbons (Fsp3) is 0.889. The summed E-state index contributed by atoms with van der Waals surface area (Å²) >= 11 is 0. The molecule has 0 aromatic carbocycles. The number of carbonyl (C=O) groups excluding carboxylic acids is 1. The van der Waals surface area contributed by atoms with Gasteiger partial charge in [-0.3, -0.25) is 4.79 Å². The van der Waals surface area contributed by atoms with Gasteiger partial charge in [0.2, 0.25) is 0 Å². The van der Waals surface area contributed by atoms with E-state index in [4.69, 9.17) is 0 Å². The molecule has 0 atom stereocenters. The molecule has 66 valence electrons. The maximum atomic E-state index is 10.9. The van der Waals surface area contributed by atoms with Gasteiger partial charge in [-0.25, -0.2) is 0 Å². The molecule has 0 aliphatic rings. The van der Waals surface area contributed by atoms with Crippen LogP contribution in [0.3, 0.4) is 0 Å². The average molecular weight is 157 g/mol. The van der Waals surface area contributed by atoms with Crippen molar-refractivity contribution < 1.29 is 4.79 Å². The molecule has 0 fully saturated rings. The Hall–Kier alpha value is -0.370. The number of carbonyl (C=O) groups is 1. The maximum Gasteiger partial charge on any atom is 0.132 e. The lowest BCUT2D eigenvalue weighted by atomic mass is 10.2. The van der Waals surface area contributed by atoms with E-state index in [-0.39, 0.29) is 0 Å². The molecule has 0 N–H and O–H groups in total. The van der Waals surface area contributed by atoms with E-state index in [2.05, 4.69) is 18.9 Å². The molecule has 0 aliphatic carbocycles. The Morgan fingerprint density at radius 3 is 2.45 bits per heavy atom. The van der Waals surface area contributed by atoms with Crippen molar-refractivity contribution in [2.24, 2.45) is 0 Å². The van der Waals surface area contributed by atoms with E-state index in [0.717, 1.165) is 25.9 Å². The average Bonchev–Trinajstić information content (AvgIpc) is 2.04. The molecule has 0 radical (unpaired) electrons. The monoisotopic (exact) mass is 157 g/mol. The Balaban J connectivity index is 3.20. The molecule has 0 heterocycles. The van der Waals surface area contributed by atoms with Crippen molar-refractivity contribution in [2.45, 2.75) is 33.1 Å². The predicted molar refractivity (Wildman–Crippen MR) is 47.7 cm³/mol. The summed E-state index contributed by atoms with van der Waals surface area (Å²) in [6.45, 7) is 6.16. The molecule has 11 heavy (non-hydrogen) atoms. The van der Waals surface area contributed by atoms with E-state index in [1.165, 1.54) is 0 Å². The molecule has 0 amide bonds. The van der Waals surface area contributed by atoms with Crippen LogP contribution in [0, 0.1) is 0 Å². The van der Waals surface area contributed by atoms with Crippen LogP contribution in [0.1, 0.15) is 33.1 Å². The number of rotatable bonds is 6. The van der Waals surface area contributed by atoms with Gasteiger partial charge < -0.3 is 4.90 Å². The Bertz CT molecular complexity index is 112. The largest absolute Gasteiger partial charge is 0.307 e. The van der Waals surface area contributed by atoms with Gasteiger partial charge in [0.25, 0.3) is 0 Å². The first-order valence-electron chi connectivity index (χ1n) is 4.41. The van der Waals surface area contributed by atoms with E-state index in [1.807, 2.05) is 6.92 Å². The molecule has 0 aromatic rings. The van der Waals surface area contributed by atoms with Gasteiger partial charge >= 0.3 is 0 Å². The van der Waals surface area contributed by atoms with Gasteiger partial charge in [0.05, 0.1) is 0 Å². The zero-order chi connectivity index (χ0) is 8.69. The van der Waals surface area contributed by atoms with Crippen LogP contribution in [0.4, 0.5) is 0 Å². The van der Waals surface area contributed by atoms with Crippen LogP contribution in [0.25, 0.3) is 0 Å². The summed E-state index contributed by atoms with van der Waals surface area (Å²) in [6.07, 6.45) is 2.45. The zero-order valence-corrected chi connectivity index (χ0v) is 7.89. The Kier molecular flexibility index (Phi) is 6.13. The Morgan fingerprint density at radius 2 is 2.00 bits per heavy atom. The van der Waals surface area contributed by atoms with E-state index in [9.17, 15) is 4.79 Å². The topological polar surface area (TPSA) is 20.3 Å². The molecular weight excluding hydrogens is 138 g/mol. The summed E-state index contributed by atoms with van der Waals surface area (Å²) in [6, 6.07) is 0. The SMILES string of the molecule is CCC(=O)CCCN(C)CC. The van der Waals surface area contributed by atoms with Gasteiger partial charge in [-0.2, -0.15) is 0 Å². The van der Waals surface area contributed by atoms with Crippen LogP contribution in [-0.2, 0) is 4.79 Å². The zero-order valence-electron chi connectivity index (χ0n) is 7.89. The highest BCUT2D eigenvalue weighted by atomic mass is 16.1. The number of nitrogens with zero attached hydrogens (tertiary/aromatic N) is 1. The first-order chi connectivity index (χ1) is 5.20. The highest BCUT2D eigenvalue weighted by molar-refractivity contribution is 5.77. The van der Waals surface area contributed by atoms with Crippen molar-refractivity contribution in [3.63, 3.8) is 0 Å². The molecule has 0 aromatic heterocycles. The van der Waals surface area contributed by atoms with Crippen LogP contribution in [0.15, 0.2) is 0 Å². The summed E-state index contributed by atoms with van der Waals surface area (Å²) < 4.78 is 0. The van der Waals surface area contributed by atoms with Crippen molar-refractivity contribution in [1.29, 1.82) is 0 Å². The molecule has 0 saturated carbocycles. The number of ketones is 1. The second kappa shape index (κ2) is 6.35. The van der Waals surface area contributed by atoms with Gasteiger partial charge in [-0.1, -0.05) is 13.8 Å². The van der Waals surface area contributed by atoms with Crippen molar-refractivity contribution in [1.82, 2.24) is 4.90 Å². The van der Waals surface area contributed by atoms with E-state index in [1.54, 1.807) is 0 Å². The molecule has 2 heteroatoms. The van der Waals surface area contributed by atoms with Gasteiger partial charge in [-0.05, 0) is 26.6 Å². The lowest BCUT2D eigenvalue weighted by Crippen LogP contribution is -2.19. The molecule has 0 bridgehead atoms. The standard InChI is InChI=1S/C9H19NO/c1-4-9(11)7-6-8-10(3)5-2/h4-8H2,1-3H3. The fourth-order valence-corrected chi connectivity index (χ4v) is 0.881. The van der Waals surface area contributed by atoms with Gasteiger partial charge in [0.15, 0.2) is 0 Å². The molecule has 0 saturated heterocycles. The quantitative estimate of drug-likeness (QED) is 0.585. The van der Waals surface area contributed by atoms with Gasteiger partial charge in [0.1, 0.15) is 5.78 Å². The molecule has 0 spiro atoms. The van der Waals surface area contributed by atoms with Crippen molar-refractivity contribution >= 4 is 5.78 Å². The van der Waals surface area contributed by atoms with Crippen molar-refractivity contribution in [3.8, 4) is 0 Å². The van der Waals surface area contributed by atoms with Gasteiger partial charge in [0, 0.05) is 12.8 Å². The third-order valence-corrected chi connectivity index (χ3v) is 1.93. The minimum atomic E-state index is 0.384. The third kappa shape index (κ3) is 6.05. The summed E-state index contributed by atoms with van der Waals surface area (Å²) in [4.78, 5) is 13.1. The molecular formula is C9H19NO. The normalized spacial score (nSPS) is 10.5. The molecule has 0 rings (SSSR count). The fourth-order valence-electron chi connectivity index (χ4n) is 0.881. The van der Waals surface area contributed by atoms with E-state index >= 15 is 0 Å².